The summed E-state index contributed by atoms with van der Waals surface area (Å²) in [7, 11) is 0. The fourth-order valence-corrected chi connectivity index (χ4v) is 3.32. The Hall–Kier alpha value is -2.73. The van der Waals surface area contributed by atoms with Gasteiger partial charge in [-0.1, -0.05) is 24.3 Å². The number of carbonyl (C=O) groups excluding carboxylic acids is 1. The first-order valence-electron chi connectivity index (χ1n) is 8.29. The third-order valence-electron chi connectivity index (χ3n) is 3.85. The van der Waals surface area contributed by atoms with Crippen molar-refractivity contribution < 1.29 is 14.6 Å². The second kappa shape index (κ2) is 7.66. The number of nitrogens with one attached hydrogen (secondary N) is 1. The second-order valence-electron chi connectivity index (χ2n) is 5.90. The molecule has 26 heavy (non-hydrogen) atoms. The highest BCUT2D eigenvalue weighted by Gasteiger charge is 2.24. The van der Waals surface area contributed by atoms with Crippen LogP contribution >= 0.6 is 11.8 Å². The number of thioether (sulfide) groups is 1. The molecule has 2 aromatic rings. The standard InChI is InChI=1S/C20H20N2O3S/c1-4-25-16-7-5-6-14(18(16)23)11-17-19(24)22-20(26-17)21-15-10-12(2)8-9-13(15)3/h5-11,23H,4H2,1-3H3,(H,21,22,24). The van der Waals surface area contributed by atoms with Crippen molar-refractivity contribution >= 4 is 34.6 Å². The van der Waals surface area contributed by atoms with Gasteiger partial charge in [0.05, 0.1) is 17.2 Å². The van der Waals surface area contributed by atoms with Crippen molar-refractivity contribution in [2.45, 2.75) is 20.8 Å². The zero-order chi connectivity index (χ0) is 18.7. The second-order valence-corrected chi connectivity index (χ2v) is 6.93. The van der Waals surface area contributed by atoms with Crippen LogP contribution in [0.3, 0.4) is 0 Å². The molecule has 5 nitrogen and oxygen atoms in total. The Labute approximate surface area is 156 Å². The molecule has 1 aliphatic rings. The van der Waals surface area contributed by atoms with Crippen LogP contribution in [-0.4, -0.2) is 22.8 Å². The van der Waals surface area contributed by atoms with Crippen molar-refractivity contribution in [3.05, 3.63) is 58.0 Å². The van der Waals surface area contributed by atoms with Gasteiger partial charge in [0.1, 0.15) is 0 Å². The maximum absolute atomic E-state index is 12.3. The van der Waals surface area contributed by atoms with Crippen LogP contribution in [-0.2, 0) is 4.79 Å². The maximum Gasteiger partial charge on any atom is 0.264 e. The summed E-state index contributed by atoms with van der Waals surface area (Å²) in [6.45, 7) is 6.29. The molecule has 0 radical (unpaired) electrons. The van der Waals surface area contributed by atoms with Gasteiger partial charge in [-0.25, -0.2) is 4.99 Å². The van der Waals surface area contributed by atoms with Gasteiger partial charge in [-0.3, -0.25) is 4.79 Å². The predicted molar refractivity (Wildman–Crippen MR) is 106 cm³/mol. The smallest absolute Gasteiger partial charge is 0.264 e. The molecular formula is C20H20N2O3S. The molecule has 0 bridgehead atoms. The Kier molecular flexibility index (Phi) is 5.32. The van der Waals surface area contributed by atoms with E-state index >= 15 is 0 Å². The first-order chi connectivity index (χ1) is 12.5. The largest absolute Gasteiger partial charge is 0.504 e. The zero-order valence-corrected chi connectivity index (χ0v) is 15.7. The van der Waals surface area contributed by atoms with E-state index in [1.54, 1.807) is 24.3 Å². The monoisotopic (exact) mass is 368 g/mol. The van der Waals surface area contributed by atoms with Crippen LogP contribution in [0.1, 0.15) is 23.6 Å². The molecule has 1 heterocycles. The van der Waals surface area contributed by atoms with Crippen LogP contribution in [0.5, 0.6) is 11.5 Å². The lowest BCUT2D eigenvalue weighted by atomic mass is 10.1. The van der Waals surface area contributed by atoms with Gasteiger partial charge in [0.15, 0.2) is 16.7 Å². The number of hydrogen-bond donors (Lipinski definition) is 2. The average Bonchev–Trinajstić information content (AvgIpc) is 2.94. The summed E-state index contributed by atoms with van der Waals surface area (Å²) < 4.78 is 5.38. The number of rotatable bonds is 4. The van der Waals surface area contributed by atoms with Crippen molar-refractivity contribution in [1.29, 1.82) is 0 Å². The van der Waals surface area contributed by atoms with E-state index in [0.717, 1.165) is 16.8 Å². The SMILES string of the molecule is CCOc1cccc(C=C2SC(=Nc3cc(C)ccc3C)NC2=O)c1O. The van der Waals surface area contributed by atoms with Crippen molar-refractivity contribution in [1.82, 2.24) is 5.32 Å². The van der Waals surface area contributed by atoms with E-state index in [0.29, 0.717) is 28.0 Å². The molecule has 1 saturated heterocycles. The molecule has 0 spiro atoms. The molecule has 2 aromatic carbocycles. The van der Waals surface area contributed by atoms with E-state index in [4.69, 9.17) is 4.74 Å². The number of para-hydroxylation sites is 1. The fourth-order valence-electron chi connectivity index (χ4n) is 2.50. The topological polar surface area (TPSA) is 70.9 Å². The average molecular weight is 368 g/mol. The number of nitrogens with zero attached hydrogens (tertiary/aromatic N) is 1. The maximum atomic E-state index is 12.3. The van der Waals surface area contributed by atoms with Crippen molar-refractivity contribution in [2.75, 3.05) is 6.61 Å². The number of ether oxygens (including phenoxy) is 1. The summed E-state index contributed by atoms with van der Waals surface area (Å²) in [6.07, 6.45) is 1.64. The zero-order valence-electron chi connectivity index (χ0n) is 14.9. The molecule has 1 aliphatic heterocycles. The van der Waals surface area contributed by atoms with Gasteiger partial charge >= 0.3 is 0 Å². The normalized spacial score (nSPS) is 17.0. The van der Waals surface area contributed by atoms with E-state index in [1.165, 1.54) is 11.8 Å². The molecule has 0 aliphatic carbocycles. The van der Waals surface area contributed by atoms with Gasteiger partial charge in [0.25, 0.3) is 5.91 Å². The Morgan fingerprint density at radius 3 is 2.85 bits per heavy atom. The minimum atomic E-state index is -0.236. The van der Waals surface area contributed by atoms with E-state index in [9.17, 15) is 9.90 Å². The molecule has 6 heteroatoms. The number of amides is 1. The Morgan fingerprint density at radius 2 is 2.08 bits per heavy atom. The molecule has 3 rings (SSSR count). The highest BCUT2D eigenvalue weighted by molar-refractivity contribution is 8.18. The third kappa shape index (κ3) is 3.91. The molecule has 2 N–H and O–H groups in total. The number of carbonyl (C=O) groups is 1. The van der Waals surface area contributed by atoms with Crippen molar-refractivity contribution in [3.8, 4) is 11.5 Å². The molecule has 1 amide bonds. The van der Waals surface area contributed by atoms with Crippen LogP contribution in [0.2, 0.25) is 0 Å². The molecule has 0 saturated carbocycles. The van der Waals surface area contributed by atoms with E-state index in [1.807, 2.05) is 39.0 Å². The van der Waals surface area contributed by atoms with E-state index in [-0.39, 0.29) is 11.7 Å². The van der Waals surface area contributed by atoms with Gasteiger partial charge in [-0.15, -0.1) is 0 Å². The lowest BCUT2D eigenvalue weighted by Gasteiger charge is -2.07. The lowest BCUT2D eigenvalue weighted by Crippen LogP contribution is -2.19. The third-order valence-corrected chi connectivity index (χ3v) is 4.76. The Bertz CT molecular complexity index is 919. The number of hydrogen-bond acceptors (Lipinski definition) is 5. The highest BCUT2D eigenvalue weighted by atomic mass is 32.2. The fraction of sp³-hybridized carbons (Fsp3) is 0.200. The van der Waals surface area contributed by atoms with Gasteiger partial charge < -0.3 is 15.2 Å². The number of amidine groups is 1. The number of aryl methyl sites for hydroxylation is 2. The number of phenols is 1. The lowest BCUT2D eigenvalue weighted by molar-refractivity contribution is -0.115. The Morgan fingerprint density at radius 1 is 1.27 bits per heavy atom. The summed E-state index contributed by atoms with van der Waals surface area (Å²) in [5, 5.41) is 13.6. The van der Waals surface area contributed by atoms with Crippen LogP contribution in [0.15, 0.2) is 46.3 Å². The van der Waals surface area contributed by atoms with Crippen LogP contribution in [0, 0.1) is 13.8 Å². The minimum absolute atomic E-state index is 0.0233. The van der Waals surface area contributed by atoms with Crippen molar-refractivity contribution in [2.24, 2.45) is 4.99 Å². The van der Waals surface area contributed by atoms with Crippen LogP contribution < -0.4 is 10.1 Å². The molecule has 134 valence electrons. The van der Waals surface area contributed by atoms with Gasteiger partial charge in [0, 0.05) is 5.56 Å². The van der Waals surface area contributed by atoms with E-state index in [2.05, 4.69) is 10.3 Å². The van der Waals surface area contributed by atoms with E-state index < -0.39 is 0 Å². The van der Waals surface area contributed by atoms with Crippen molar-refractivity contribution in [3.63, 3.8) is 0 Å². The number of aromatic hydroxyl groups is 1. The van der Waals surface area contributed by atoms with Crippen LogP contribution in [0.4, 0.5) is 5.69 Å². The Balaban J connectivity index is 1.88. The number of benzene rings is 2. The summed E-state index contributed by atoms with van der Waals surface area (Å²) in [6, 6.07) is 11.2. The molecular weight excluding hydrogens is 348 g/mol. The molecule has 0 atom stereocenters. The molecule has 0 unspecified atom stereocenters. The van der Waals surface area contributed by atoms with Gasteiger partial charge in [-0.2, -0.15) is 0 Å². The molecule has 0 aromatic heterocycles. The minimum Gasteiger partial charge on any atom is -0.504 e. The summed E-state index contributed by atoms with van der Waals surface area (Å²) in [4.78, 5) is 17.3. The number of aliphatic imine (C=N–C) groups is 1. The van der Waals surface area contributed by atoms with Gasteiger partial charge in [0.2, 0.25) is 0 Å². The summed E-state index contributed by atoms with van der Waals surface area (Å²) in [5.41, 5.74) is 3.51. The highest BCUT2D eigenvalue weighted by Crippen LogP contribution is 2.35. The summed E-state index contributed by atoms with van der Waals surface area (Å²) in [5.74, 6) is 0.185. The predicted octanol–water partition coefficient (Wildman–Crippen LogP) is 4.30. The van der Waals surface area contributed by atoms with Gasteiger partial charge in [-0.05, 0) is 61.9 Å². The quantitative estimate of drug-likeness (QED) is 0.790. The van der Waals surface area contributed by atoms with Crippen LogP contribution in [0.25, 0.3) is 6.08 Å². The first-order valence-corrected chi connectivity index (χ1v) is 9.11. The molecule has 1 fully saturated rings. The first kappa shape index (κ1) is 18.1. The number of phenolic OH excluding ortho intramolecular Hbond substituents is 1. The summed E-state index contributed by atoms with van der Waals surface area (Å²) >= 11 is 1.25.